The van der Waals surface area contributed by atoms with Crippen molar-refractivity contribution < 1.29 is 23.4 Å². The van der Waals surface area contributed by atoms with Gasteiger partial charge in [0.2, 0.25) is 11.8 Å². The van der Waals surface area contributed by atoms with Crippen molar-refractivity contribution >= 4 is 5.78 Å². The summed E-state index contributed by atoms with van der Waals surface area (Å²) >= 11 is 0. The SMILES string of the molecule is Oc1nc2ncnn2c(O)c1-c1c(F)ccc(F)c1F. The van der Waals surface area contributed by atoms with Crippen molar-refractivity contribution in [1.29, 1.82) is 0 Å². The molecule has 0 fully saturated rings. The van der Waals surface area contributed by atoms with Gasteiger partial charge in [-0.1, -0.05) is 0 Å². The molecule has 20 heavy (non-hydrogen) atoms. The molecule has 0 aliphatic carbocycles. The number of hydrogen-bond acceptors (Lipinski definition) is 5. The zero-order chi connectivity index (χ0) is 14.4. The molecule has 102 valence electrons. The third kappa shape index (κ3) is 1.56. The molecule has 2 heterocycles. The summed E-state index contributed by atoms with van der Waals surface area (Å²) in [6, 6.07) is 1.25. The standard InChI is InChI=1S/C11H5F3N4O2/c12-4-1-2-5(13)8(14)6(4)7-9(19)17-11-15-3-16-18(11)10(7)20/h1-3,20H,(H,15,16,17,19). The Labute approximate surface area is 108 Å². The predicted octanol–water partition coefficient (Wildman–Crippen LogP) is 1.62. The summed E-state index contributed by atoms with van der Waals surface area (Å²) in [7, 11) is 0. The van der Waals surface area contributed by atoms with E-state index in [1.165, 1.54) is 0 Å². The second kappa shape index (κ2) is 4.08. The minimum atomic E-state index is -1.56. The third-order valence-electron chi connectivity index (χ3n) is 2.68. The Balaban J connectivity index is 2.43. The van der Waals surface area contributed by atoms with Crippen LogP contribution < -0.4 is 0 Å². The summed E-state index contributed by atoms with van der Waals surface area (Å²) in [5.41, 5.74) is -1.65. The maximum absolute atomic E-state index is 13.7. The summed E-state index contributed by atoms with van der Waals surface area (Å²) in [6.07, 6.45) is 1.02. The molecule has 0 aliphatic heterocycles. The number of halogens is 3. The van der Waals surface area contributed by atoms with Crippen molar-refractivity contribution in [2.45, 2.75) is 0 Å². The molecular weight excluding hydrogens is 277 g/mol. The Morgan fingerprint density at radius 1 is 1.00 bits per heavy atom. The first-order valence-corrected chi connectivity index (χ1v) is 5.26. The lowest BCUT2D eigenvalue weighted by Crippen LogP contribution is -2.00. The Bertz CT molecular complexity index is 834. The van der Waals surface area contributed by atoms with Crippen molar-refractivity contribution in [2.75, 3.05) is 0 Å². The summed E-state index contributed by atoms with van der Waals surface area (Å²) < 4.78 is 41.4. The fraction of sp³-hybridized carbons (Fsp3) is 0. The molecule has 9 heteroatoms. The van der Waals surface area contributed by atoms with Crippen LogP contribution in [0.2, 0.25) is 0 Å². The predicted molar refractivity (Wildman–Crippen MR) is 59.4 cm³/mol. The molecule has 0 amide bonds. The summed E-state index contributed by atoms with van der Waals surface area (Å²) in [4.78, 5) is 7.11. The number of fused-ring (bicyclic) bond motifs is 1. The third-order valence-corrected chi connectivity index (χ3v) is 2.68. The number of hydrogen-bond donors (Lipinski definition) is 2. The van der Waals surface area contributed by atoms with Crippen molar-refractivity contribution in [3.8, 4) is 22.9 Å². The lowest BCUT2D eigenvalue weighted by atomic mass is 10.1. The molecule has 2 N–H and O–H groups in total. The highest BCUT2D eigenvalue weighted by Gasteiger charge is 2.25. The molecular formula is C11H5F3N4O2. The molecule has 0 aliphatic rings. The van der Waals surface area contributed by atoms with E-state index in [2.05, 4.69) is 15.1 Å². The Morgan fingerprint density at radius 2 is 1.70 bits per heavy atom. The lowest BCUT2D eigenvalue weighted by Gasteiger charge is -2.09. The van der Waals surface area contributed by atoms with Crippen molar-refractivity contribution in [2.24, 2.45) is 0 Å². The van der Waals surface area contributed by atoms with Gasteiger partial charge in [-0.05, 0) is 12.1 Å². The van der Waals surface area contributed by atoms with Gasteiger partial charge in [-0.2, -0.15) is 19.6 Å². The molecule has 0 bridgehead atoms. The van der Waals surface area contributed by atoms with E-state index in [0.717, 1.165) is 10.8 Å². The molecule has 1 aromatic carbocycles. The lowest BCUT2D eigenvalue weighted by molar-refractivity contribution is 0.413. The highest BCUT2D eigenvalue weighted by molar-refractivity contribution is 5.75. The zero-order valence-corrected chi connectivity index (χ0v) is 9.55. The first kappa shape index (κ1) is 12.2. The molecule has 2 aromatic heterocycles. The fourth-order valence-corrected chi connectivity index (χ4v) is 1.80. The maximum atomic E-state index is 13.7. The van der Waals surface area contributed by atoms with Gasteiger partial charge in [0.05, 0.1) is 5.56 Å². The van der Waals surface area contributed by atoms with E-state index in [4.69, 9.17) is 0 Å². The molecule has 0 unspecified atom stereocenters. The summed E-state index contributed by atoms with van der Waals surface area (Å²) in [5, 5.41) is 23.2. The first-order chi connectivity index (χ1) is 9.50. The Kier molecular flexibility index (Phi) is 2.49. The molecule has 0 saturated heterocycles. The highest BCUT2D eigenvalue weighted by atomic mass is 19.2. The number of rotatable bonds is 1. The molecule has 0 spiro atoms. The van der Waals surface area contributed by atoms with Crippen LogP contribution in [0.1, 0.15) is 0 Å². The average Bonchev–Trinajstić information content (AvgIpc) is 2.86. The summed E-state index contributed by atoms with van der Waals surface area (Å²) in [6.45, 7) is 0. The maximum Gasteiger partial charge on any atom is 0.258 e. The van der Waals surface area contributed by atoms with Crippen molar-refractivity contribution in [1.82, 2.24) is 19.6 Å². The number of aromatic hydroxyl groups is 2. The van der Waals surface area contributed by atoms with Crippen LogP contribution >= 0.6 is 0 Å². The normalized spacial score (nSPS) is 11.2. The van der Waals surface area contributed by atoms with E-state index in [0.29, 0.717) is 12.1 Å². The van der Waals surface area contributed by atoms with Crippen LogP contribution in [-0.2, 0) is 0 Å². The number of aromatic nitrogens is 4. The smallest absolute Gasteiger partial charge is 0.258 e. The van der Waals surface area contributed by atoms with Gasteiger partial charge in [-0.15, -0.1) is 0 Å². The van der Waals surface area contributed by atoms with Crippen LogP contribution in [-0.4, -0.2) is 29.8 Å². The molecule has 6 nitrogen and oxygen atoms in total. The minimum absolute atomic E-state index is 0.180. The monoisotopic (exact) mass is 282 g/mol. The molecule has 3 aromatic rings. The molecule has 0 radical (unpaired) electrons. The Morgan fingerprint density at radius 3 is 2.45 bits per heavy atom. The molecule has 0 atom stereocenters. The van der Waals surface area contributed by atoms with Gasteiger partial charge in [0.15, 0.2) is 11.6 Å². The van der Waals surface area contributed by atoms with Crippen LogP contribution in [0.15, 0.2) is 18.5 Å². The van der Waals surface area contributed by atoms with E-state index in [9.17, 15) is 23.4 Å². The van der Waals surface area contributed by atoms with E-state index < -0.39 is 40.3 Å². The van der Waals surface area contributed by atoms with Crippen molar-refractivity contribution in [3.05, 3.63) is 35.9 Å². The fourth-order valence-electron chi connectivity index (χ4n) is 1.80. The first-order valence-electron chi connectivity index (χ1n) is 5.26. The summed E-state index contributed by atoms with van der Waals surface area (Å²) in [5.74, 6) is -5.95. The van der Waals surface area contributed by atoms with E-state index in [1.54, 1.807) is 0 Å². The van der Waals surface area contributed by atoms with Crippen LogP contribution in [0.25, 0.3) is 16.9 Å². The van der Waals surface area contributed by atoms with Crippen LogP contribution in [0.3, 0.4) is 0 Å². The molecule has 3 rings (SSSR count). The van der Waals surface area contributed by atoms with Crippen LogP contribution in [0, 0.1) is 17.5 Å². The van der Waals surface area contributed by atoms with Gasteiger partial charge in [0.1, 0.15) is 17.7 Å². The zero-order valence-electron chi connectivity index (χ0n) is 9.55. The van der Waals surface area contributed by atoms with Crippen molar-refractivity contribution in [3.63, 3.8) is 0 Å². The largest absolute Gasteiger partial charge is 0.493 e. The highest BCUT2D eigenvalue weighted by Crippen LogP contribution is 2.39. The van der Waals surface area contributed by atoms with Gasteiger partial charge < -0.3 is 10.2 Å². The minimum Gasteiger partial charge on any atom is -0.493 e. The van der Waals surface area contributed by atoms with E-state index >= 15 is 0 Å². The second-order valence-electron chi connectivity index (χ2n) is 3.82. The van der Waals surface area contributed by atoms with E-state index in [1.807, 2.05) is 0 Å². The van der Waals surface area contributed by atoms with Crippen LogP contribution in [0.5, 0.6) is 11.8 Å². The molecule has 0 saturated carbocycles. The van der Waals surface area contributed by atoms with E-state index in [-0.39, 0.29) is 5.78 Å². The Hall–Kier alpha value is -2.84. The average molecular weight is 282 g/mol. The van der Waals surface area contributed by atoms with Gasteiger partial charge in [-0.25, -0.2) is 13.2 Å². The van der Waals surface area contributed by atoms with Gasteiger partial charge in [0, 0.05) is 0 Å². The number of benzene rings is 1. The van der Waals surface area contributed by atoms with Gasteiger partial charge in [-0.3, -0.25) is 0 Å². The number of nitrogens with zero attached hydrogens (tertiary/aromatic N) is 4. The second-order valence-corrected chi connectivity index (χ2v) is 3.82. The van der Waals surface area contributed by atoms with Gasteiger partial charge >= 0.3 is 0 Å². The topological polar surface area (TPSA) is 83.5 Å². The quantitative estimate of drug-likeness (QED) is 0.663. The van der Waals surface area contributed by atoms with Gasteiger partial charge in [0.25, 0.3) is 5.78 Å². The van der Waals surface area contributed by atoms with Crippen LogP contribution in [0.4, 0.5) is 13.2 Å².